The zero-order chi connectivity index (χ0) is 9.52. The summed E-state index contributed by atoms with van der Waals surface area (Å²) in [5, 5.41) is 6.55. The highest BCUT2D eigenvalue weighted by atomic mass is 19.1. The molecule has 0 unspecified atom stereocenters. The monoisotopic (exact) mass is 177 g/mol. The van der Waals surface area contributed by atoms with Crippen LogP contribution in [0.25, 0.3) is 0 Å². The molecule has 2 nitrogen and oxygen atoms in total. The molecule has 0 heterocycles. The summed E-state index contributed by atoms with van der Waals surface area (Å²) >= 11 is 0. The van der Waals surface area contributed by atoms with E-state index in [0.29, 0.717) is 0 Å². The third-order valence-electron chi connectivity index (χ3n) is 1.32. The Hall–Kier alpha value is -1.82. The van der Waals surface area contributed by atoms with Crippen LogP contribution in [0, 0.1) is 23.1 Å². The lowest BCUT2D eigenvalue weighted by Gasteiger charge is -1.89. The Kier molecular flexibility index (Phi) is 3.52. The first-order valence-electron chi connectivity index (χ1n) is 3.68. The van der Waals surface area contributed by atoms with Gasteiger partial charge in [0, 0.05) is 5.56 Å². The number of hydrogen-bond acceptors (Lipinski definition) is 2. The molecule has 0 saturated carbocycles. The lowest BCUT2D eigenvalue weighted by atomic mass is 10.2. The van der Waals surface area contributed by atoms with Gasteiger partial charge in [0.15, 0.2) is 13.0 Å². The van der Waals surface area contributed by atoms with Gasteiger partial charge in [0.2, 0.25) is 0 Å². The van der Waals surface area contributed by atoms with Crippen LogP contribution in [-0.2, 0) is 4.74 Å². The molecule has 0 fully saturated rings. The van der Waals surface area contributed by atoms with Gasteiger partial charge in [0.05, 0.1) is 0 Å². The largest absolute Gasteiger partial charge is 0.471 e. The second-order valence-corrected chi connectivity index (χ2v) is 2.24. The molecular weight excluding hydrogens is 169 g/mol. The van der Waals surface area contributed by atoms with E-state index in [9.17, 15) is 4.39 Å². The van der Waals surface area contributed by atoms with E-state index in [1.807, 2.05) is 0 Å². The van der Waals surface area contributed by atoms with Gasteiger partial charge in [-0.3, -0.25) is 5.41 Å². The summed E-state index contributed by atoms with van der Waals surface area (Å²) in [6, 6.07) is 5.88. The number of halogens is 1. The van der Waals surface area contributed by atoms with Crippen molar-refractivity contribution in [2.24, 2.45) is 0 Å². The molecule has 66 valence electrons. The van der Waals surface area contributed by atoms with Crippen molar-refractivity contribution in [3.05, 3.63) is 35.6 Å². The van der Waals surface area contributed by atoms with Crippen LogP contribution in [0.4, 0.5) is 4.39 Å². The van der Waals surface area contributed by atoms with E-state index >= 15 is 0 Å². The molecule has 0 aliphatic heterocycles. The van der Waals surface area contributed by atoms with E-state index in [2.05, 4.69) is 16.6 Å². The minimum absolute atomic E-state index is 0.181. The summed E-state index contributed by atoms with van der Waals surface area (Å²) in [5.74, 6) is 5.16. The molecule has 0 saturated heterocycles. The molecule has 13 heavy (non-hydrogen) atoms. The van der Waals surface area contributed by atoms with Crippen molar-refractivity contribution in [1.29, 1.82) is 5.41 Å². The summed E-state index contributed by atoms with van der Waals surface area (Å²) in [7, 11) is 0. The Morgan fingerprint density at radius 3 is 2.69 bits per heavy atom. The van der Waals surface area contributed by atoms with Gasteiger partial charge in [0.1, 0.15) is 5.82 Å². The molecule has 0 atom stereocenters. The Labute approximate surface area is 75.9 Å². The van der Waals surface area contributed by atoms with Gasteiger partial charge < -0.3 is 4.74 Å². The van der Waals surface area contributed by atoms with Crippen molar-refractivity contribution in [3.63, 3.8) is 0 Å². The molecular formula is C10H8FNO. The molecule has 0 aliphatic carbocycles. The van der Waals surface area contributed by atoms with Crippen molar-refractivity contribution >= 4 is 6.40 Å². The first kappa shape index (κ1) is 9.27. The Morgan fingerprint density at radius 2 is 2.08 bits per heavy atom. The molecule has 0 amide bonds. The predicted octanol–water partition coefficient (Wildman–Crippen LogP) is 1.80. The fraction of sp³-hybridized carbons (Fsp3) is 0.100. The lowest BCUT2D eigenvalue weighted by Crippen LogP contribution is -1.85. The van der Waals surface area contributed by atoms with Gasteiger partial charge in [-0.2, -0.15) is 0 Å². The predicted molar refractivity (Wildman–Crippen MR) is 48.0 cm³/mol. The fourth-order valence-electron chi connectivity index (χ4n) is 0.755. The Balaban J connectivity index is 2.56. The molecule has 1 N–H and O–H groups in total. The zero-order valence-corrected chi connectivity index (χ0v) is 6.88. The van der Waals surface area contributed by atoms with Gasteiger partial charge in [-0.15, -0.1) is 0 Å². The Morgan fingerprint density at radius 1 is 1.38 bits per heavy atom. The van der Waals surface area contributed by atoms with Crippen LogP contribution in [0.1, 0.15) is 5.56 Å². The van der Waals surface area contributed by atoms with Gasteiger partial charge in [0.25, 0.3) is 0 Å². The quantitative estimate of drug-likeness (QED) is 0.318. The van der Waals surface area contributed by atoms with Crippen molar-refractivity contribution in [1.82, 2.24) is 0 Å². The smallest absolute Gasteiger partial charge is 0.168 e. The molecule has 0 bridgehead atoms. The average Bonchev–Trinajstić information content (AvgIpc) is 2.15. The molecule has 1 rings (SSSR count). The summed E-state index contributed by atoms with van der Waals surface area (Å²) in [6.07, 6.45) is 0.833. The highest BCUT2D eigenvalue weighted by Gasteiger charge is 1.87. The van der Waals surface area contributed by atoms with Crippen molar-refractivity contribution in [3.8, 4) is 11.8 Å². The lowest BCUT2D eigenvalue weighted by molar-refractivity contribution is 0.372. The van der Waals surface area contributed by atoms with Gasteiger partial charge in [-0.05, 0) is 24.3 Å². The van der Waals surface area contributed by atoms with E-state index in [0.717, 1.165) is 12.0 Å². The first-order valence-corrected chi connectivity index (χ1v) is 3.68. The fourth-order valence-corrected chi connectivity index (χ4v) is 0.755. The van der Waals surface area contributed by atoms with Crippen LogP contribution in [0.3, 0.4) is 0 Å². The maximum Gasteiger partial charge on any atom is 0.168 e. The SMILES string of the molecule is N=COCC#Cc1ccc(F)cc1. The maximum atomic E-state index is 12.4. The van der Waals surface area contributed by atoms with E-state index < -0.39 is 0 Å². The van der Waals surface area contributed by atoms with Crippen LogP contribution in [-0.4, -0.2) is 13.0 Å². The third kappa shape index (κ3) is 3.39. The van der Waals surface area contributed by atoms with Gasteiger partial charge >= 0.3 is 0 Å². The maximum absolute atomic E-state index is 12.4. The van der Waals surface area contributed by atoms with Gasteiger partial charge in [-0.25, -0.2) is 4.39 Å². The summed E-state index contributed by atoms with van der Waals surface area (Å²) in [4.78, 5) is 0. The zero-order valence-electron chi connectivity index (χ0n) is 6.88. The highest BCUT2D eigenvalue weighted by molar-refractivity contribution is 5.42. The third-order valence-corrected chi connectivity index (χ3v) is 1.32. The van der Waals surface area contributed by atoms with Crippen molar-refractivity contribution < 1.29 is 9.13 Å². The van der Waals surface area contributed by atoms with Crippen molar-refractivity contribution in [2.45, 2.75) is 0 Å². The molecule has 1 aromatic carbocycles. The number of hydrogen-bond donors (Lipinski definition) is 1. The highest BCUT2D eigenvalue weighted by Crippen LogP contribution is 2.00. The molecule has 0 aliphatic rings. The number of benzene rings is 1. The van der Waals surface area contributed by atoms with Crippen LogP contribution in [0.2, 0.25) is 0 Å². The molecule has 0 aromatic heterocycles. The summed E-state index contributed by atoms with van der Waals surface area (Å²) < 4.78 is 17.0. The van der Waals surface area contributed by atoms with Crippen LogP contribution in [0.15, 0.2) is 24.3 Å². The minimum Gasteiger partial charge on any atom is -0.471 e. The topological polar surface area (TPSA) is 33.1 Å². The van der Waals surface area contributed by atoms with Crippen molar-refractivity contribution in [2.75, 3.05) is 6.61 Å². The van der Waals surface area contributed by atoms with Gasteiger partial charge in [-0.1, -0.05) is 11.8 Å². The van der Waals surface area contributed by atoms with Crippen LogP contribution >= 0.6 is 0 Å². The standard InChI is InChI=1S/C10H8FNO/c11-10-5-3-9(4-6-10)2-1-7-13-8-12/h3-6,8,12H,7H2. The van der Waals surface area contributed by atoms with E-state index in [1.165, 1.54) is 12.1 Å². The second kappa shape index (κ2) is 4.94. The minimum atomic E-state index is -0.277. The molecule has 3 heteroatoms. The molecule has 0 spiro atoms. The number of rotatable bonds is 2. The first-order chi connectivity index (χ1) is 6.33. The summed E-state index contributed by atoms with van der Waals surface area (Å²) in [6.45, 7) is 0.181. The normalized spacial score (nSPS) is 8.38. The van der Waals surface area contributed by atoms with E-state index in [4.69, 9.17) is 5.41 Å². The Bertz CT molecular complexity index is 334. The van der Waals surface area contributed by atoms with E-state index in [-0.39, 0.29) is 12.4 Å². The molecule has 0 radical (unpaired) electrons. The summed E-state index contributed by atoms with van der Waals surface area (Å²) in [5.41, 5.74) is 0.731. The number of ether oxygens (including phenoxy) is 1. The second-order valence-electron chi connectivity index (χ2n) is 2.24. The molecule has 1 aromatic rings. The van der Waals surface area contributed by atoms with Crippen LogP contribution in [0.5, 0.6) is 0 Å². The number of nitrogens with one attached hydrogen (secondary N) is 1. The van der Waals surface area contributed by atoms with E-state index in [1.54, 1.807) is 12.1 Å². The van der Waals surface area contributed by atoms with Crippen LogP contribution < -0.4 is 0 Å². The average molecular weight is 177 g/mol.